The molecule has 0 bridgehead atoms. The number of esters is 1. The second-order valence-corrected chi connectivity index (χ2v) is 4.87. The quantitative estimate of drug-likeness (QED) is 0.622. The number of carbonyl (C=O) groups excluding carboxylic acids is 2. The molecule has 0 fully saturated rings. The maximum atomic E-state index is 11.5. The van der Waals surface area contributed by atoms with E-state index in [9.17, 15) is 9.59 Å². The summed E-state index contributed by atoms with van der Waals surface area (Å²) in [5.41, 5.74) is 0.937. The molecule has 0 spiro atoms. The number of nitrogens with one attached hydrogen (secondary N) is 1. The highest BCUT2D eigenvalue weighted by molar-refractivity contribution is 5.86. The average molecular weight is 329 g/mol. The Balaban J connectivity index is 1.64. The molecule has 6 heteroatoms. The van der Waals surface area contributed by atoms with E-state index >= 15 is 0 Å². The van der Waals surface area contributed by atoms with Crippen molar-refractivity contribution in [1.82, 2.24) is 5.32 Å². The van der Waals surface area contributed by atoms with Crippen LogP contribution in [0.25, 0.3) is 6.08 Å². The fourth-order valence-electron chi connectivity index (χ4n) is 1.88. The fourth-order valence-corrected chi connectivity index (χ4v) is 1.88. The summed E-state index contributed by atoms with van der Waals surface area (Å²) < 4.78 is 14.9. The van der Waals surface area contributed by atoms with Crippen molar-refractivity contribution in [2.75, 3.05) is 13.7 Å². The number of hydrogen-bond acceptors (Lipinski definition) is 5. The zero-order chi connectivity index (χ0) is 17.2. The summed E-state index contributed by atoms with van der Waals surface area (Å²) in [5.74, 6) is 0.180. The van der Waals surface area contributed by atoms with Gasteiger partial charge in [0.05, 0.1) is 7.11 Å². The highest BCUT2D eigenvalue weighted by atomic mass is 16.5. The number of hydrogen-bond donors (Lipinski definition) is 1. The molecule has 1 N–H and O–H groups in total. The van der Waals surface area contributed by atoms with E-state index in [1.54, 1.807) is 18.2 Å². The number of carbonyl (C=O) groups is 2. The van der Waals surface area contributed by atoms with Crippen molar-refractivity contribution in [3.8, 4) is 0 Å². The molecule has 0 aliphatic rings. The summed E-state index contributed by atoms with van der Waals surface area (Å²) in [6.07, 6.45) is 3.70. The van der Waals surface area contributed by atoms with Gasteiger partial charge in [-0.25, -0.2) is 9.59 Å². The van der Waals surface area contributed by atoms with Crippen LogP contribution in [-0.4, -0.2) is 25.7 Å². The smallest absolute Gasteiger partial charge is 0.407 e. The van der Waals surface area contributed by atoms with Gasteiger partial charge in [-0.1, -0.05) is 36.4 Å². The lowest BCUT2D eigenvalue weighted by molar-refractivity contribution is 0.0564. The Hall–Kier alpha value is -3.02. The summed E-state index contributed by atoms with van der Waals surface area (Å²) in [5, 5.41) is 2.65. The number of rotatable bonds is 7. The van der Waals surface area contributed by atoms with Gasteiger partial charge in [-0.2, -0.15) is 0 Å². The van der Waals surface area contributed by atoms with E-state index in [0.717, 1.165) is 5.56 Å². The minimum absolute atomic E-state index is 0.153. The Morgan fingerprint density at radius 3 is 2.71 bits per heavy atom. The minimum Gasteiger partial charge on any atom is -0.463 e. The molecule has 0 saturated heterocycles. The van der Waals surface area contributed by atoms with Crippen molar-refractivity contribution in [2.45, 2.75) is 13.0 Å². The van der Waals surface area contributed by atoms with E-state index in [1.165, 1.54) is 7.11 Å². The van der Waals surface area contributed by atoms with Crippen LogP contribution < -0.4 is 5.32 Å². The van der Waals surface area contributed by atoms with Crippen LogP contribution in [0.2, 0.25) is 0 Å². The van der Waals surface area contributed by atoms with Gasteiger partial charge in [-0.15, -0.1) is 0 Å². The lowest BCUT2D eigenvalue weighted by atomic mass is 10.2. The number of ether oxygens (including phenoxy) is 2. The van der Waals surface area contributed by atoms with Crippen LogP contribution in [0.4, 0.5) is 4.79 Å². The summed E-state index contributed by atoms with van der Waals surface area (Å²) in [7, 11) is 1.29. The zero-order valence-electron chi connectivity index (χ0n) is 13.4. The topological polar surface area (TPSA) is 77.8 Å². The second kappa shape index (κ2) is 9.19. The molecule has 24 heavy (non-hydrogen) atoms. The first-order chi connectivity index (χ1) is 11.7. The van der Waals surface area contributed by atoms with Crippen molar-refractivity contribution in [3.63, 3.8) is 0 Å². The molecule has 0 unspecified atom stereocenters. The maximum absolute atomic E-state index is 11.5. The first-order valence-electron chi connectivity index (χ1n) is 7.48. The highest BCUT2D eigenvalue weighted by Crippen LogP contribution is 2.10. The molecule has 2 aromatic rings. The second-order valence-electron chi connectivity index (χ2n) is 4.87. The highest BCUT2D eigenvalue weighted by Gasteiger charge is 2.09. The SMILES string of the molecule is COC(=O)c1ccc(C=CCCNC(=O)OCc2ccccc2)o1. The van der Waals surface area contributed by atoms with E-state index in [4.69, 9.17) is 9.15 Å². The van der Waals surface area contributed by atoms with Crippen LogP contribution in [0, 0.1) is 0 Å². The van der Waals surface area contributed by atoms with Crippen LogP contribution in [-0.2, 0) is 16.1 Å². The molecule has 6 nitrogen and oxygen atoms in total. The van der Waals surface area contributed by atoms with E-state index in [1.807, 2.05) is 36.4 Å². The van der Waals surface area contributed by atoms with Gasteiger partial charge in [0.2, 0.25) is 5.76 Å². The van der Waals surface area contributed by atoms with Crippen LogP contribution in [0.5, 0.6) is 0 Å². The van der Waals surface area contributed by atoms with Crippen molar-refractivity contribution >= 4 is 18.1 Å². The van der Waals surface area contributed by atoms with Crippen LogP contribution in [0.15, 0.2) is 53.0 Å². The number of furan rings is 1. The molecule has 1 heterocycles. The monoisotopic (exact) mass is 329 g/mol. The molecular weight excluding hydrogens is 310 g/mol. The van der Waals surface area contributed by atoms with E-state index in [0.29, 0.717) is 18.7 Å². The molecule has 0 aliphatic heterocycles. The number of methoxy groups -OCH3 is 1. The van der Waals surface area contributed by atoms with Gasteiger partial charge in [0.1, 0.15) is 12.4 Å². The first-order valence-corrected chi connectivity index (χ1v) is 7.48. The van der Waals surface area contributed by atoms with Crippen molar-refractivity contribution in [2.24, 2.45) is 0 Å². The molecule has 0 atom stereocenters. The maximum Gasteiger partial charge on any atom is 0.407 e. The fraction of sp³-hybridized carbons (Fsp3) is 0.222. The van der Waals surface area contributed by atoms with Crippen molar-refractivity contribution < 1.29 is 23.5 Å². The molecular formula is C18H19NO5. The third kappa shape index (κ3) is 5.64. The minimum atomic E-state index is -0.516. The van der Waals surface area contributed by atoms with E-state index in [2.05, 4.69) is 10.1 Å². The molecule has 126 valence electrons. The van der Waals surface area contributed by atoms with Gasteiger partial charge in [-0.05, 0) is 30.2 Å². The molecule has 2 rings (SSSR count). The number of amides is 1. The molecule has 1 amide bonds. The van der Waals surface area contributed by atoms with Crippen LogP contribution in [0.3, 0.4) is 0 Å². The van der Waals surface area contributed by atoms with Crippen molar-refractivity contribution in [3.05, 3.63) is 65.6 Å². The standard InChI is InChI=1S/C18H19NO5/c1-22-17(20)16-11-10-15(24-16)9-5-6-12-19-18(21)23-13-14-7-3-2-4-8-14/h2-5,7-11H,6,12-13H2,1H3,(H,19,21). The van der Waals surface area contributed by atoms with Gasteiger partial charge in [-0.3, -0.25) is 0 Å². The first kappa shape index (κ1) is 17.3. The predicted molar refractivity (Wildman–Crippen MR) is 88.3 cm³/mol. The Bertz CT molecular complexity index is 690. The van der Waals surface area contributed by atoms with Gasteiger partial charge in [0, 0.05) is 6.54 Å². The lowest BCUT2D eigenvalue weighted by Gasteiger charge is -2.05. The summed E-state index contributed by atoms with van der Waals surface area (Å²) in [4.78, 5) is 22.8. The van der Waals surface area contributed by atoms with E-state index in [-0.39, 0.29) is 12.4 Å². The molecule has 0 radical (unpaired) electrons. The molecule has 1 aromatic heterocycles. The van der Waals surface area contributed by atoms with Gasteiger partial charge in [0.25, 0.3) is 0 Å². The number of alkyl carbamates (subject to hydrolysis) is 1. The summed E-state index contributed by atoms with van der Waals surface area (Å²) in [6.45, 7) is 0.680. The van der Waals surface area contributed by atoms with Gasteiger partial charge < -0.3 is 19.2 Å². The summed E-state index contributed by atoms with van der Waals surface area (Å²) >= 11 is 0. The molecule has 1 aromatic carbocycles. The van der Waals surface area contributed by atoms with Crippen LogP contribution in [0.1, 0.15) is 28.3 Å². The van der Waals surface area contributed by atoms with Gasteiger partial charge >= 0.3 is 12.1 Å². The van der Waals surface area contributed by atoms with Crippen LogP contribution >= 0.6 is 0 Å². The average Bonchev–Trinajstić information content (AvgIpc) is 3.09. The largest absolute Gasteiger partial charge is 0.463 e. The third-order valence-electron chi connectivity index (χ3n) is 3.09. The van der Waals surface area contributed by atoms with E-state index < -0.39 is 12.1 Å². The number of benzene rings is 1. The lowest BCUT2D eigenvalue weighted by Crippen LogP contribution is -2.24. The molecule has 0 saturated carbocycles. The predicted octanol–water partition coefficient (Wildman–Crippen LogP) is 3.40. The zero-order valence-corrected chi connectivity index (χ0v) is 13.4. The van der Waals surface area contributed by atoms with Gasteiger partial charge in [0.15, 0.2) is 0 Å². The Morgan fingerprint density at radius 2 is 1.96 bits per heavy atom. The third-order valence-corrected chi connectivity index (χ3v) is 3.09. The molecule has 0 aliphatic carbocycles. The Labute approximate surface area is 140 Å². The Kier molecular flexibility index (Phi) is 6.64. The Morgan fingerprint density at radius 1 is 1.17 bits per heavy atom. The van der Waals surface area contributed by atoms with Crippen molar-refractivity contribution in [1.29, 1.82) is 0 Å². The summed E-state index contributed by atoms with van der Waals surface area (Å²) in [6, 6.07) is 12.7. The normalized spacial score (nSPS) is 10.5.